The third kappa shape index (κ3) is 1.84. The minimum atomic E-state index is 0.998. The smallest absolute Gasteiger partial charge is 0.0440 e. The molecule has 0 unspecified atom stereocenters. The van der Waals surface area contributed by atoms with Crippen molar-refractivity contribution >= 4 is 11.8 Å². The Morgan fingerprint density at radius 1 is 0.941 bits per heavy atom. The Kier molecular flexibility index (Phi) is 2.45. The van der Waals surface area contributed by atoms with Crippen LogP contribution in [0.3, 0.4) is 0 Å². The highest BCUT2D eigenvalue weighted by Gasteiger charge is 2.09. The van der Waals surface area contributed by atoms with Crippen LogP contribution in [0.5, 0.6) is 0 Å². The van der Waals surface area contributed by atoms with Crippen LogP contribution in [-0.4, -0.2) is 13.6 Å². The van der Waals surface area contributed by atoms with E-state index in [-0.39, 0.29) is 0 Å². The van der Waals surface area contributed by atoms with E-state index in [9.17, 15) is 0 Å². The van der Waals surface area contributed by atoms with Crippen molar-refractivity contribution in [3.8, 4) is 11.1 Å². The van der Waals surface area contributed by atoms with E-state index >= 15 is 0 Å². The molecule has 0 N–H and O–H groups in total. The minimum absolute atomic E-state index is 0.998. The molecule has 1 aliphatic rings. The van der Waals surface area contributed by atoms with Crippen molar-refractivity contribution in [3.63, 3.8) is 0 Å². The molecule has 1 nitrogen and oxygen atoms in total. The number of hydrogen-bond donors (Lipinski definition) is 0. The van der Waals surface area contributed by atoms with Crippen LogP contribution in [0.4, 0.5) is 5.69 Å². The maximum Gasteiger partial charge on any atom is 0.0440 e. The van der Waals surface area contributed by atoms with Gasteiger partial charge in [0.2, 0.25) is 0 Å². The van der Waals surface area contributed by atoms with Gasteiger partial charge in [-0.1, -0.05) is 48.6 Å². The fourth-order valence-corrected chi connectivity index (χ4v) is 2.28. The van der Waals surface area contributed by atoms with Gasteiger partial charge in [-0.15, -0.1) is 0 Å². The Bertz CT molecular complexity index is 555. The lowest BCUT2D eigenvalue weighted by Gasteiger charge is -2.24. The fraction of sp³-hybridized carbons (Fsp3) is 0.125. The molecule has 0 saturated heterocycles. The second-order valence-electron chi connectivity index (χ2n) is 4.42. The Morgan fingerprint density at radius 3 is 2.59 bits per heavy atom. The first-order valence-electron chi connectivity index (χ1n) is 5.92. The van der Waals surface area contributed by atoms with Crippen LogP contribution in [0.15, 0.2) is 54.6 Å². The summed E-state index contributed by atoms with van der Waals surface area (Å²) < 4.78 is 0. The molecule has 0 amide bonds. The minimum Gasteiger partial charge on any atom is -0.370 e. The Hall–Kier alpha value is -2.02. The van der Waals surface area contributed by atoms with E-state index in [0.29, 0.717) is 0 Å². The molecule has 0 aromatic heterocycles. The first-order chi connectivity index (χ1) is 8.34. The van der Waals surface area contributed by atoms with E-state index in [1.165, 1.54) is 22.4 Å². The molecule has 1 aliphatic heterocycles. The van der Waals surface area contributed by atoms with Crippen LogP contribution in [0.1, 0.15) is 5.56 Å². The topological polar surface area (TPSA) is 3.24 Å². The van der Waals surface area contributed by atoms with Crippen LogP contribution in [0.25, 0.3) is 17.2 Å². The number of nitrogens with zero attached hydrogens (tertiary/aromatic N) is 1. The molecule has 1 heteroatoms. The lowest BCUT2D eigenvalue weighted by Crippen LogP contribution is -2.20. The van der Waals surface area contributed by atoms with Gasteiger partial charge in [0, 0.05) is 19.3 Å². The summed E-state index contributed by atoms with van der Waals surface area (Å²) in [6.07, 6.45) is 4.42. The summed E-state index contributed by atoms with van der Waals surface area (Å²) in [6.45, 7) is 0.998. The average Bonchev–Trinajstić information content (AvgIpc) is 2.40. The lowest BCUT2D eigenvalue weighted by molar-refractivity contribution is 1.02. The molecule has 0 fully saturated rings. The zero-order chi connectivity index (χ0) is 11.7. The molecule has 0 radical (unpaired) electrons. The largest absolute Gasteiger partial charge is 0.370 e. The first-order valence-corrected chi connectivity index (χ1v) is 5.92. The van der Waals surface area contributed by atoms with Crippen molar-refractivity contribution in [1.29, 1.82) is 0 Å². The van der Waals surface area contributed by atoms with Crippen LogP contribution in [0.2, 0.25) is 0 Å². The quantitative estimate of drug-likeness (QED) is 0.707. The maximum absolute atomic E-state index is 2.27. The van der Waals surface area contributed by atoms with E-state index in [1.807, 2.05) is 0 Å². The molecule has 1 heterocycles. The zero-order valence-corrected chi connectivity index (χ0v) is 9.93. The van der Waals surface area contributed by atoms with Gasteiger partial charge in [0.05, 0.1) is 0 Å². The predicted molar refractivity (Wildman–Crippen MR) is 74.2 cm³/mol. The SMILES string of the molecule is CN1CC=Cc2cc(-c3ccccc3)ccc21. The van der Waals surface area contributed by atoms with Crippen molar-refractivity contribution in [2.45, 2.75) is 0 Å². The van der Waals surface area contributed by atoms with Gasteiger partial charge < -0.3 is 4.90 Å². The zero-order valence-electron chi connectivity index (χ0n) is 9.93. The molecule has 0 aliphatic carbocycles. The molecule has 84 valence electrons. The third-order valence-electron chi connectivity index (χ3n) is 3.22. The van der Waals surface area contributed by atoms with E-state index < -0.39 is 0 Å². The Morgan fingerprint density at radius 2 is 1.76 bits per heavy atom. The number of fused-ring (bicyclic) bond motifs is 1. The standard InChI is InChI=1S/C16H15N/c1-17-11-5-8-15-12-14(9-10-16(15)17)13-6-3-2-4-7-13/h2-10,12H,11H2,1H3. The Balaban J connectivity index is 2.08. The number of benzene rings is 2. The normalized spacial score (nSPS) is 13.6. The number of anilines is 1. The molecule has 0 bridgehead atoms. The van der Waals surface area contributed by atoms with Crippen molar-refractivity contribution in [1.82, 2.24) is 0 Å². The number of rotatable bonds is 1. The van der Waals surface area contributed by atoms with E-state index in [0.717, 1.165) is 6.54 Å². The lowest BCUT2D eigenvalue weighted by atomic mass is 10.00. The van der Waals surface area contributed by atoms with Gasteiger partial charge in [-0.3, -0.25) is 0 Å². The predicted octanol–water partition coefficient (Wildman–Crippen LogP) is 3.82. The van der Waals surface area contributed by atoms with Crippen molar-refractivity contribution in [2.75, 3.05) is 18.5 Å². The average molecular weight is 221 g/mol. The highest BCUT2D eigenvalue weighted by atomic mass is 15.1. The van der Waals surface area contributed by atoms with Crippen LogP contribution >= 0.6 is 0 Å². The van der Waals surface area contributed by atoms with Crippen LogP contribution < -0.4 is 4.90 Å². The summed E-state index contributed by atoms with van der Waals surface area (Å²) in [4.78, 5) is 2.27. The van der Waals surface area contributed by atoms with Crippen molar-refractivity contribution in [2.24, 2.45) is 0 Å². The summed E-state index contributed by atoms with van der Waals surface area (Å²) >= 11 is 0. The summed E-state index contributed by atoms with van der Waals surface area (Å²) in [5.41, 5.74) is 5.17. The fourth-order valence-electron chi connectivity index (χ4n) is 2.28. The summed E-state index contributed by atoms with van der Waals surface area (Å²) in [5, 5.41) is 0. The third-order valence-corrected chi connectivity index (χ3v) is 3.22. The monoisotopic (exact) mass is 221 g/mol. The van der Waals surface area contributed by atoms with Crippen molar-refractivity contribution in [3.05, 3.63) is 60.2 Å². The van der Waals surface area contributed by atoms with Crippen LogP contribution in [-0.2, 0) is 0 Å². The second-order valence-corrected chi connectivity index (χ2v) is 4.42. The molecule has 17 heavy (non-hydrogen) atoms. The molecule has 0 saturated carbocycles. The molecule has 2 aromatic rings. The van der Waals surface area contributed by atoms with Gasteiger partial charge in [0.1, 0.15) is 0 Å². The molecular formula is C16H15N. The van der Waals surface area contributed by atoms with Gasteiger partial charge >= 0.3 is 0 Å². The summed E-state index contributed by atoms with van der Waals surface area (Å²) in [5.74, 6) is 0. The van der Waals surface area contributed by atoms with Crippen molar-refractivity contribution < 1.29 is 0 Å². The molecule has 2 aromatic carbocycles. The molecule has 0 atom stereocenters. The van der Waals surface area contributed by atoms with Gasteiger partial charge in [-0.05, 0) is 28.8 Å². The molecule has 3 rings (SSSR count). The highest BCUT2D eigenvalue weighted by molar-refractivity contribution is 5.77. The Labute approximate surface area is 102 Å². The first kappa shape index (κ1) is 10.2. The molecule has 0 spiro atoms. The van der Waals surface area contributed by atoms with Gasteiger partial charge in [-0.25, -0.2) is 0 Å². The van der Waals surface area contributed by atoms with E-state index in [1.54, 1.807) is 0 Å². The van der Waals surface area contributed by atoms with Gasteiger partial charge in [-0.2, -0.15) is 0 Å². The summed E-state index contributed by atoms with van der Waals surface area (Å²) in [7, 11) is 2.13. The van der Waals surface area contributed by atoms with Crippen LogP contribution in [0, 0.1) is 0 Å². The highest BCUT2D eigenvalue weighted by Crippen LogP contribution is 2.29. The molecular weight excluding hydrogens is 206 g/mol. The number of hydrogen-bond acceptors (Lipinski definition) is 1. The maximum atomic E-state index is 2.27. The van der Waals surface area contributed by atoms with Gasteiger partial charge in [0.25, 0.3) is 0 Å². The van der Waals surface area contributed by atoms with E-state index in [4.69, 9.17) is 0 Å². The van der Waals surface area contributed by atoms with E-state index in [2.05, 4.69) is 72.6 Å². The second kappa shape index (κ2) is 4.10. The van der Waals surface area contributed by atoms with Gasteiger partial charge in [0.15, 0.2) is 0 Å². The number of likely N-dealkylation sites (N-methyl/N-ethyl adjacent to an activating group) is 1. The summed E-state index contributed by atoms with van der Waals surface area (Å²) in [6, 6.07) is 17.2.